The zero-order chi connectivity index (χ0) is 12.9. The summed E-state index contributed by atoms with van der Waals surface area (Å²) < 4.78 is 1.78. The van der Waals surface area contributed by atoms with Crippen molar-refractivity contribution in [3.05, 3.63) is 30.6 Å². The normalized spacial score (nSPS) is 13.6. The average Bonchev–Trinajstić information content (AvgIpc) is 2.36. The minimum Gasteiger partial charge on any atom is -0.353 e. The van der Waals surface area contributed by atoms with E-state index < -0.39 is 5.54 Å². The highest BCUT2D eigenvalue weighted by Crippen LogP contribution is 2.06. The highest BCUT2D eigenvalue weighted by molar-refractivity contribution is 5.83. The van der Waals surface area contributed by atoms with E-state index in [1.807, 2.05) is 18.2 Å². The van der Waals surface area contributed by atoms with Crippen LogP contribution >= 0.6 is 0 Å². The average molecular weight is 236 g/mol. The molecule has 0 saturated heterocycles. The van der Waals surface area contributed by atoms with Gasteiger partial charge in [0.2, 0.25) is 5.91 Å². The van der Waals surface area contributed by atoms with Crippen LogP contribution in [0.4, 0.5) is 0 Å². The molecule has 0 unspecified atom stereocenters. The molecule has 0 saturated carbocycles. The second-order valence-corrected chi connectivity index (χ2v) is 4.05. The monoisotopic (exact) mass is 236 g/mol. The molecule has 0 spiro atoms. The Labute approximate surface area is 101 Å². The number of carbonyl (C=O) groups is 2. The molecule has 1 aromatic rings. The molecule has 0 aromatic carbocycles. The van der Waals surface area contributed by atoms with Crippen LogP contribution in [0.2, 0.25) is 0 Å². The van der Waals surface area contributed by atoms with Gasteiger partial charge in [-0.1, -0.05) is 6.07 Å². The van der Waals surface area contributed by atoms with Gasteiger partial charge in [0.05, 0.1) is 6.54 Å². The number of rotatable bonds is 4. The van der Waals surface area contributed by atoms with Crippen LogP contribution in [0.3, 0.4) is 0 Å². The van der Waals surface area contributed by atoms with E-state index in [1.165, 1.54) is 6.92 Å². The van der Waals surface area contributed by atoms with Crippen LogP contribution < -0.4 is 15.2 Å². The third-order valence-corrected chi connectivity index (χ3v) is 2.68. The predicted octanol–water partition coefficient (Wildman–Crippen LogP) is -0.429. The van der Waals surface area contributed by atoms with Crippen molar-refractivity contribution in [3.8, 4) is 0 Å². The van der Waals surface area contributed by atoms with Gasteiger partial charge in [0.15, 0.2) is 12.4 Å². The van der Waals surface area contributed by atoms with Gasteiger partial charge in [-0.3, -0.25) is 9.59 Å². The molecule has 17 heavy (non-hydrogen) atoms. The van der Waals surface area contributed by atoms with Crippen LogP contribution in [0.5, 0.6) is 0 Å². The number of aromatic nitrogens is 1. The van der Waals surface area contributed by atoms with E-state index in [4.69, 9.17) is 0 Å². The summed E-state index contributed by atoms with van der Waals surface area (Å²) in [5.74, 6) is -0.306. The lowest BCUT2D eigenvalue weighted by Gasteiger charge is -2.22. The van der Waals surface area contributed by atoms with Crippen LogP contribution in [0.25, 0.3) is 0 Å². The molecule has 5 heteroatoms. The van der Waals surface area contributed by atoms with Gasteiger partial charge in [-0.25, -0.2) is 0 Å². The largest absolute Gasteiger partial charge is 0.353 e. The van der Waals surface area contributed by atoms with Crippen molar-refractivity contribution < 1.29 is 14.2 Å². The van der Waals surface area contributed by atoms with Crippen LogP contribution in [-0.2, 0) is 15.1 Å². The highest BCUT2D eigenvalue weighted by atomic mass is 16.2. The van der Waals surface area contributed by atoms with Gasteiger partial charge in [-0.05, 0) is 0 Å². The molecule has 1 aromatic heterocycles. The number of nitrogens with zero attached hydrogens (tertiary/aromatic N) is 1. The van der Waals surface area contributed by atoms with Crippen LogP contribution in [0.1, 0.15) is 13.8 Å². The Balaban J connectivity index is 3.02. The Morgan fingerprint density at radius 2 is 1.82 bits per heavy atom. The third-order valence-electron chi connectivity index (χ3n) is 2.68. The number of amides is 2. The fourth-order valence-corrected chi connectivity index (χ4v) is 1.58. The third kappa shape index (κ3) is 3.03. The zero-order valence-corrected chi connectivity index (χ0v) is 10.4. The molecular formula is C12H18N3O2+. The van der Waals surface area contributed by atoms with E-state index in [9.17, 15) is 9.59 Å². The lowest BCUT2D eigenvalue weighted by Crippen LogP contribution is -2.66. The minimum atomic E-state index is -0.832. The summed E-state index contributed by atoms with van der Waals surface area (Å²) in [6.07, 6.45) is 3.61. The van der Waals surface area contributed by atoms with Gasteiger partial charge >= 0.3 is 0 Å². The van der Waals surface area contributed by atoms with E-state index in [1.54, 1.807) is 30.9 Å². The molecule has 0 radical (unpaired) electrons. The smallest absolute Gasteiger partial charge is 0.293 e. The Bertz CT molecular complexity index is 405. The molecule has 0 aliphatic heterocycles. The van der Waals surface area contributed by atoms with Crippen molar-refractivity contribution in [1.29, 1.82) is 0 Å². The van der Waals surface area contributed by atoms with E-state index in [-0.39, 0.29) is 18.4 Å². The van der Waals surface area contributed by atoms with Gasteiger partial charge in [0, 0.05) is 33.0 Å². The summed E-state index contributed by atoms with van der Waals surface area (Å²) in [7, 11) is 1.58. The molecule has 1 rings (SSSR count). The van der Waals surface area contributed by atoms with Crippen molar-refractivity contribution >= 4 is 11.8 Å². The lowest BCUT2D eigenvalue weighted by molar-refractivity contribution is -0.743. The van der Waals surface area contributed by atoms with Crippen molar-refractivity contribution in [2.24, 2.45) is 0 Å². The number of carbonyl (C=O) groups excluding carboxylic acids is 2. The fraction of sp³-hybridized carbons (Fsp3) is 0.417. The molecule has 1 heterocycles. The van der Waals surface area contributed by atoms with Gasteiger partial charge in [0.1, 0.15) is 0 Å². The molecule has 0 bridgehead atoms. The molecule has 92 valence electrons. The second-order valence-electron chi connectivity index (χ2n) is 4.05. The first-order valence-corrected chi connectivity index (χ1v) is 5.44. The van der Waals surface area contributed by atoms with Gasteiger partial charge in [-0.2, -0.15) is 4.57 Å². The molecule has 0 aliphatic carbocycles. The number of likely N-dealkylation sites (N-methyl/N-ethyl adjacent to an activating group) is 1. The van der Waals surface area contributed by atoms with Gasteiger partial charge < -0.3 is 10.6 Å². The Kier molecular flexibility index (Phi) is 4.20. The minimum absolute atomic E-state index is 0.151. The van der Waals surface area contributed by atoms with Crippen molar-refractivity contribution in [3.63, 3.8) is 0 Å². The maximum atomic E-state index is 12.0. The summed E-state index contributed by atoms with van der Waals surface area (Å²) in [4.78, 5) is 22.9. The van der Waals surface area contributed by atoms with Crippen LogP contribution in [0.15, 0.2) is 30.6 Å². The maximum absolute atomic E-state index is 12.0. The van der Waals surface area contributed by atoms with Gasteiger partial charge in [-0.15, -0.1) is 0 Å². The molecular weight excluding hydrogens is 218 g/mol. The summed E-state index contributed by atoms with van der Waals surface area (Å²) in [5, 5.41) is 5.30. The number of pyridine rings is 1. The topological polar surface area (TPSA) is 62.1 Å². The summed E-state index contributed by atoms with van der Waals surface area (Å²) in [5.41, 5.74) is -0.832. The number of nitrogens with one attached hydrogen (secondary N) is 2. The zero-order valence-electron chi connectivity index (χ0n) is 10.4. The lowest BCUT2D eigenvalue weighted by atomic mass is 10.0. The first-order chi connectivity index (χ1) is 8.00. The molecule has 1 atom stereocenters. The number of hydrogen-bond donors (Lipinski definition) is 2. The Hall–Kier alpha value is -1.91. The molecule has 5 nitrogen and oxygen atoms in total. The number of hydrogen-bond acceptors (Lipinski definition) is 2. The second kappa shape index (κ2) is 5.43. The summed E-state index contributed by atoms with van der Waals surface area (Å²) >= 11 is 0. The first kappa shape index (κ1) is 13.2. The standard InChI is InChI=1S/C12H17N3O2/c1-10(16)14-9-12(2,11(17)13-3)15-7-5-4-6-8-15/h4-8H,9H2,1-3H3,(H-,13,14,16,17)/p+1/t12-/m0/s1. The van der Waals surface area contributed by atoms with E-state index >= 15 is 0 Å². The Morgan fingerprint density at radius 3 is 2.29 bits per heavy atom. The highest BCUT2D eigenvalue weighted by Gasteiger charge is 2.42. The quantitative estimate of drug-likeness (QED) is 0.697. The maximum Gasteiger partial charge on any atom is 0.293 e. The van der Waals surface area contributed by atoms with E-state index in [2.05, 4.69) is 10.6 Å². The van der Waals surface area contributed by atoms with Crippen molar-refractivity contribution in [2.45, 2.75) is 19.4 Å². The summed E-state index contributed by atoms with van der Waals surface area (Å²) in [6, 6.07) is 5.56. The van der Waals surface area contributed by atoms with Crippen molar-refractivity contribution in [2.75, 3.05) is 13.6 Å². The van der Waals surface area contributed by atoms with Crippen LogP contribution in [0, 0.1) is 0 Å². The fourth-order valence-electron chi connectivity index (χ4n) is 1.58. The summed E-state index contributed by atoms with van der Waals surface area (Å²) in [6.45, 7) is 3.46. The van der Waals surface area contributed by atoms with E-state index in [0.717, 1.165) is 0 Å². The molecule has 0 aliphatic rings. The van der Waals surface area contributed by atoms with E-state index in [0.29, 0.717) is 0 Å². The first-order valence-electron chi connectivity index (χ1n) is 5.44. The predicted molar refractivity (Wildman–Crippen MR) is 63.0 cm³/mol. The van der Waals surface area contributed by atoms with Crippen LogP contribution in [-0.4, -0.2) is 25.4 Å². The van der Waals surface area contributed by atoms with Crippen molar-refractivity contribution in [1.82, 2.24) is 10.6 Å². The SMILES string of the molecule is CNC(=O)[C@](C)(CNC(C)=O)[n+]1ccccc1. The Morgan fingerprint density at radius 1 is 1.24 bits per heavy atom. The molecule has 2 N–H and O–H groups in total. The molecule has 0 fully saturated rings. The van der Waals surface area contributed by atoms with Gasteiger partial charge in [0.25, 0.3) is 11.4 Å². The molecule has 2 amide bonds.